The van der Waals surface area contributed by atoms with Gasteiger partial charge in [0.15, 0.2) is 0 Å². The molecule has 104 valence electrons. The minimum absolute atomic E-state index is 0.0497. The maximum absolute atomic E-state index is 13.3. The number of carboxylic acids is 1. The fraction of sp³-hybridized carbons (Fsp3) is 0.0714. The summed E-state index contributed by atoms with van der Waals surface area (Å²) in [6, 6.07) is 8.30. The first-order valence-corrected chi connectivity index (χ1v) is 6.93. The van der Waals surface area contributed by atoms with Crippen molar-refractivity contribution in [3.05, 3.63) is 64.2 Å². The smallest absolute Gasteiger partial charge is 0.338 e. The first-order valence-electron chi connectivity index (χ1n) is 5.57. The van der Waals surface area contributed by atoms with Gasteiger partial charge in [-0.15, -0.1) is 11.8 Å². The van der Waals surface area contributed by atoms with E-state index in [0.717, 1.165) is 6.07 Å². The first kappa shape index (κ1) is 14.8. The highest BCUT2D eigenvalue weighted by Crippen LogP contribution is 2.26. The molecule has 0 bridgehead atoms. The van der Waals surface area contributed by atoms with Gasteiger partial charge in [0.1, 0.15) is 11.6 Å². The molecule has 0 aromatic heterocycles. The second-order valence-electron chi connectivity index (χ2n) is 3.98. The highest BCUT2D eigenvalue weighted by atomic mass is 35.5. The fourth-order valence-electron chi connectivity index (χ4n) is 1.55. The Labute approximate surface area is 123 Å². The number of benzene rings is 2. The van der Waals surface area contributed by atoms with Crippen LogP contribution in [0.25, 0.3) is 0 Å². The largest absolute Gasteiger partial charge is 0.478 e. The second-order valence-corrected chi connectivity index (χ2v) is 5.44. The van der Waals surface area contributed by atoms with Gasteiger partial charge < -0.3 is 5.11 Å². The van der Waals surface area contributed by atoms with Crippen molar-refractivity contribution in [1.29, 1.82) is 0 Å². The summed E-state index contributed by atoms with van der Waals surface area (Å²) >= 11 is 6.87. The average molecular weight is 315 g/mol. The van der Waals surface area contributed by atoms with E-state index in [1.54, 1.807) is 6.07 Å². The van der Waals surface area contributed by atoms with E-state index in [-0.39, 0.29) is 10.6 Å². The lowest BCUT2D eigenvalue weighted by Gasteiger charge is -2.05. The van der Waals surface area contributed by atoms with Crippen LogP contribution in [0.2, 0.25) is 5.02 Å². The molecule has 0 unspecified atom stereocenters. The maximum Gasteiger partial charge on any atom is 0.338 e. The number of hydrogen-bond acceptors (Lipinski definition) is 2. The first-order chi connectivity index (χ1) is 9.47. The minimum Gasteiger partial charge on any atom is -0.478 e. The number of carboxylic acid groups (broad SMARTS) is 1. The molecule has 0 aliphatic rings. The van der Waals surface area contributed by atoms with E-state index in [4.69, 9.17) is 16.7 Å². The van der Waals surface area contributed by atoms with Gasteiger partial charge in [-0.1, -0.05) is 17.7 Å². The van der Waals surface area contributed by atoms with Crippen molar-refractivity contribution < 1.29 is 18.7 Å². The van der Waals surface area contributed by atoms with Gasteiger partial charge in [-0.2, -0.15) is 0 Å². The lowest BCUT2D eigenvalue weighted by atomic mass is 10.2. The van der Waals surface area contributed by atoms with E-state index in [0.29, 0.717) is 16.2 Å². The van der Waals surface area contributed by atoms with Gasteiger partial charge in [0.2, 0.25) is 0 Å². The van der Waals surface area contributed by atoms with Crippen molar-refractivity contribution in [3.63, 3.8) is 0 Å². The summed E-state index contributed by atoms with van der Waals surface area (Å²) in [7, 11) is 0. The Hall–Kier alpha value is -1.59. The van der Waals surface area contributed by atoms with Crippen LogP contribution in [0, 0.1) is 11.6 Å². The van der Waals surface area contributed by atoms with Gasteiger partial charge >= 0.3 is 5.97 Å². The van der Waals surface area contributed by atoms with E-state index >= 15 is 0 Å². The standard InChI is InChI=1S/C14H9ClF2O2S/c15-11-3-1-8(5-13(11)17)7-20-9-2-4-12(16)10(6-9)14(18)19/h1-6H,7H2,(H,18,19). The van der Waals surface area contributed by atoms with Crippen LogP contribution in [-0.4, -0.2) is 11.1 Å². The van der Waals surface area contributed by atoms with Crippen molar-refractivity contribution >= 4 is 29.3 Å². The quantitative estimate of drug-likeness (QED) is 0.837. The summed E-state index contributed by atoms with van der Waals surface area (Å²) in [5, 5.41) is 8.88. The highest BCUT2D eigenvalue weighted by Gasteiger charge is 2.11. The zero-order valence-corrected chi connectivity index (χ0v) is 11.6. The maximum atomic E-state index is 13.3. The predicted molar refractivity (Wildman–Crippen MR) is 74.3 cm³/mol. The van der Waals surface area contributed by atoms with Gasteiger partial charge in [0.05, 0.1) is 10.6 Å². The van der Waals surface area contributed by atoms with E-state index in [1.807, 2.05) is 0 Å². The monoisotopic (exact) mass is 314 g/mol. The van der Waals surface area contributed by atoms with Crippen molar-refractivity contribution in [2.75, 3.05) is 0 Å². The average Bonchev–Trinajstić information content (AvgIpc) is 2.41. The molecule has 20 heavy (non-hydrogen) atoms. The molecule has 0 atom stereocenters. The molecule has 0 aliphatic carbocycles. The van der Waals surface area contributed by atoms with Crippen molar-refractivity contribution in [2.24, 2.45) is 0 Å². The molecule has 0 amide bonds. The summed E-state index contributed by atoms with van der Waals surface area (Å²) in [5.41, 5.74) is 0.329. The summed E-state index contributed by atoms with van der Waals surface area (Å²) in [6.07, 6.45) is 0. The molecule has 0 saturated carbocycles. The highest BCUT2D eigenvalue weighted by molar-refractivity contribution is 7.98. The number of rotatable bonds is 4. The summed E-state index contributed by atoms with van der Waals surface area (Å²) in [5.74, 6) is -2.17. The number of carbonyl (C=O) groups is 1. The van der Waals surface area contributed by atoms with Crippen LogP contribution >= 0.6 is 23.4 Å². The molecule has 0 heterocycles. The van der Waals surface area contributed by atoms with Crippen LogP contribution < -0.4 is 0 Å². The van der Waals surface area contributed by atoms with Crippen molar-refractivity contribution in [2.45, 2.75) is 10.6 Å². The van der Waals surface area contributed by atoms with Crippen LogP contribution in [0.1, 0.15) is 15.9 Å². The Kier molecular flexibility index (Phi) is 4.62. The number of aromatic carboxylic acids is 1. The molecule has 2 aromatic carbocycles. The Morgan fingerprint density at radius 1 is 1.15 bits per heavy atom. The van der Waals surface area contributed by atoms with Gasteiger partial charge in [-0.25, -0.2) is 13.6 Å². The van der Waals surface area contributed by atoms with Gasteiger partial charge in [-0.3, -0.25) is 0 Å². The molecule has 1 N–H and O–H groups in total. The molecule has 2 aromatic rings. The molecular weight excluding hydrogens is 306 g/mol. The van der Waals surface area contributed by atoms with E-state index < -0.39 is 17.6 Å². The van der Waals surface area contributed by atoms with Gasteiger partial charge in [0.25, 0.3) is 0 Å². The van der Waals surface area contributed by atoms with Crippen LogP contribution in [0.15, 0.2) is 41.3 Å². The summed E-state index contributed by atoms with van der Waals surface area (Å²) < 4.78 is 26.5. The zero-order chi connectivity index (χ0) is 14.7. The topological polar surface area (TPSA) is 37.3 Å². The number of hydrogen-bond donors (Lipinski definition) is 1. The van der Waals surface area contributed by atoms with Crippen molar-refractivity contribution in [1.82, 2.24) is 0 Å². The molecular formula is C14H9ClF2O2S. The molecule has 0 aliphatic heterocycles. The molecule has 2 rings (SSSR count). The van der Waals surface area contributed by atoms with Crippen LogP contribution in [0.4, 0.5) is 8.78 Å². The van der Waals surface area contributed by atoms with Crippen LogP contribution in [-0.2, 0) is 5.75 Å². The summed E-state index contributed by atoms with van der Waals surface area (Å²) in [4.78, 5) is 11.4. The second kappa shape index (κ2) is 6.24. The van der Waals surface area contributed by atoms with Crippen LogP contribution in [0.3, 0.4) is 0 Å². The third kappa shape index (κ3) is 3.49. The Morgan fingerprint density at radius 3 is 2.55 bits per heavy atom. The molecule has 0 radical (unpaired) electrons. The number of halogens is 3. The fourth-order valence-corrected chi connectivity index (χ4v) is 2.55. The summed E-state index contributed by atoms with van der Waals surface area (Å²) in [6.45, 7) is 0. The normalized spacial score (nSPS) is 10.6. The van der Waals surface area contributed by atoms with E-state index in [1.165, 1.54) is 36.0 Å². The molecule has 0 saturated heterocycles. The van der Waals surface area contributed by atoms with E-state index in [2.05, 4.69) is 0 Å². The Morgan fingerprint density at radius 2 is 1.90 bits per heavy atom. The third-order valence-electron chi connectivity index (χ3n) is 2.56. The van der Waals surface area contributed by atoms with Crippen LogP contribution in [0.5, 0.6) is 0 Å². The van der Waals surface area contributed by atoms with Gasteiger partial charge in [0, 0.05) is 10.6 Å². The lowest BCUT2D eigenvalue weighted by molar-refractivity contribution is 0.0691. The predicted octanol–water partition coefficient (Wildman–Crippen LogP) is 4.61. The number of thioether (sulfide) groups is 1. The van der Waals surface area contributed by atoms with Crippen molar-refractivity contribution in [3.8, 4) is 0 Å². The Bertz CT molecular complexity index is 662. The molecule has 0 spiro atoms. The Balaban J connectivity index is 2.12. The lowest BCUT2D eigenvalue weighted by Crippen LogP contribution is -2.00. The SMILES string of the molecule is O=C(O)c1cc(SCc2ccc(Cl)c(F)c2)ccc1F. The molecule has 2 nitrogen and oxygen atoms in total. The zero-order valence-electron chi connectivity index (χ0n) is 10.1. The minimum atomic E-state index is -1.32. The van der Waals surface area contributed by atoms with Gasteiger partial charge in [-0.05, 0) is 35.9 Å². The molecule has 0 fully saturated rings. The molecule has 6 heteroatoms. The van der Waals surface area contributed by atoms with E-state index in [9.17, 15) is 13.6 Å². The third-order valence-corrected chi connectivity index (χ3v) is 3.93.